The highest BCUT2D eigenvalue weighted by atomic mass is 32.2. The molecule has 4 heteroatoms. The number of nitrogens with zero attached hydrogens (tertiary/aromatic N) is 2. The van der Waals surface area contributed by atoms with Gasteiger partial charge in [-0.25, -0.2) is 0 Å². The van der Waals surface area contributed by atoms with E-state index in [0.717, 1.165) is 25.3 Å². The molecule has 0 spiro atoms. The molecule has 0 aliphatic carbocycles. The van der Waals surface area contributed by atoms with Crippen molar-refractivity contribution < 1.29 is 0 Å². The molecular weight excluding hydrogens is 308 g/mol. The summed E-state index contributed by atoms with van der Waals surface area (Å²) in [5, 5.41) is 1.56. The van der Waals surface area contributed by atoms with Crippen molar-refractivity contribution >= 4 is 28.7 Å². The van der Waals surface area contributed by atoms with Crippen molar-refractivity contribution in [3.05, 3.63) is 65.7 Å². The van der Waals surface area contributed by atoms with E-state index in [1.54, 1.807) is 0 Å². The van der Waals surface area contributed by atoms with Crippen LogP contribution in [-0.4, -0.2) is 28.9 Å². The largest absolute Gasteiger partial charge is 0.335 e. The van der Waals surface area contributed by atoms with Crippen LogP contribution < -0.4 is 0 Å². The van der Waals surface area contributed by atoms with Crippen LogP contribution in [0.3, 0.4) is 0 Å². The maximum absolute atomic E-state index is 4.72. The van der Waals surface area contributed by atoms with Crippen molar-refractivity contribution in [3.63, 3.8) is 0 Å². The fraction of sp³-hybridized carbons (Fsp3) is 0.278. The molecule has 1 atom stereocenters. The summed E-state index contributed by atoms with van der Waals surface area (Å²) in [6, 6.07) is 19.6. The van der Waals surface area contributed by atoms with Gasteiger partial charge in [0, 0.05) is 17.2 Å². The normalized spacial score (nSPS) is 20.6. The summed E-state index contributed by atoms with van der Waals surface area (Å²) >= 11 is 3.83. The monoisotopic (exact) mass is 326 g/mol. The predicted octanol–water partition coefficient (Wildman–Crippen LogP) is 4.44. The molecule has 0 radical (unpaired) electrons. The zero-order chi connectivity index (χ0) is 14.8. The molecule has 2 nitrogen and oxygen atoms in total. The van der Waals surface area contributed by atoms with Crippen molar-refractivity contribution in [2.24, 2.45) is 4.99 Å². The summed E-state index contributed by atoms with van der Waals surface area (Å²) < 4.78 is 0. The second kappa shape index (κ2) is 6.39. The van der Waals surface area contributed by atoms with Crippen molar-refractivity contribution in [2.45, 2.75) is 16.7 Å². The van der Waals surface area contributed by atoms with Gasteiger partial charge < -0.3 is 4.90 Å². The van der Waals surface area contributed by atoms with Crippen molar-refractivity contribution in [2.75, 3.05) is 18.8 Å². The summed E-state index contributed by atoms with van der Waals surface area (Å²) in [7, 11) is 0. The highest BCUT2D eigenvalue weighted by molar-refractivity contribution is 8.14. The Hall–Kier alpha value is -1.39. The lowest BCUT2D eigenvalue weighted by Crippen LogP contribution is -2.36. The lowest BCUT2D eigenvalue weighted by Gasteiger charge is -2.37. The van der Waals surface area contributed by atoms with Crippen LogP contribution in [0.5, 0.6) is 0 Å². The summed E-state index contributed by atoms with van der Waals surface area (Å²) in [6.45, 7) is 2.02. The summed E-state index contributed by atoms with van der Waals surface area (Å²) in [6.07, 6.45) is 1.11. The Morgan fingerprint density at radius 1 is 1.05 bits per heavy atom. The molecular formula is C18H18N2S2. The van der Waals surface area contributed by atoms with Crippen LogP contribution in [0, 0.1) is 0 Å². The SMILES string of the molecule is c1ccc(SC2c3ccccc3CCN2C2=NCCS2)cc1. The summed E-state index contributed by atoms with van der Waals surface area (Å²) in [5.74, 6) is 1.12. The second-order valence-corrected chi connectivity index (χ2v) is 7.65. The average molecular weight is 326 g/mol. The van der Waals surface area contributed by atoms with Gasteiger partial charge in [-0.3, -0.25) is 4.99 Å². The van der Waals surface area contributed by atoms with E-state index in [-0.39, 0.29) is 0 Å². The van der Waals surface area contributed by atoms with E-state index in [0.29, 0.717) is 5.37 Å². The van der Waals surface area contributed by atoms with Crippen LogP contribution in [-0.2, 0) is 6.42 Å². The minimum atomic E-state index is 0.330. The van der Waals surface area contributed by atoms with E-state index in [1.807, 2.05) is 23.5 Å². The van der Waals surface area contributed by atoms with E-state index >= 15 is 0 Å². The fourth-order valence-corrected chi connectivity index (χ4v) is 5.22. The number of aliphatic imine (C=N–C) groups is 1. The van der Waals surface area contributed by atoms with Gasteiger partial charge in [-0.05, 0) is 29.7 Å². The number of thioether (sulfide) groups is 2. The molecule has 2 aromatic rings. The maximum Gasteiger partial charge on any atom is 0.160 e. The molecule has 112 valence electrons. The van der Waals surface area contributed by atoms with Gasteiger partial charge in [0.15, 0.2) is 5.17 Å². The highest BCUT2D eigenvalue weighted by Gasteiger charge is 2.31. The first-order valence-electron chi connectivity index (χ1n) is 7.65. The minimum absolute atomic E-state index is 0.330. The van der Waals surface area contributed by atoms with Gasteiger partial charge in [0.2, 0.25) is 0 Å². The number of amidine groups is 1. The van der Waals surface area contributed by atoms with Crippen LogP contribution >= 0.6 is 23.5 Å². The molecule has 0 N–H and O–H groups in total. The Bertz CT molecular complexity index is 684. The molecule has 2 aliphatic heterocycles. The zero-order valence-electron chi connectivity index (χ0n) is 12.3. The smallest absolute Gasteiger partial charge is 0.160 e. The van der Waals surface area contributed by atoms with Gasteiger partial charge in [0.1, 0.15) is 5.37 Å². The van der Waals surface area contributed by atoms with Crippen molar-refractivity contribution in [3.8, 4) is 0 Å². The third-order valence-corrected chi connectivity index (χ3v) is 6.32. The first kappa shape index (κ1) is 14.2. The Balaban J connectivity index is 1.70. The van der Waals surface area contributed by atoms with E-state index < -0.39 is 0 Å². The average Bonchev–Trinajstić information content (AvgIpc) is 3.10. The Morgan fingerprint density at radius 3 is 2.68 bits per heavy atom. The molecule has 2 aromatic carbocycles. The van der Waals surface area contributed by atoms with Gasteiger partial charge in [0.05, 0.1) is 6.54 Å². The molecule has 0 fully saturated rings. The van der Waals surface area contributed by atoms with Gasteiger partial charge in [-0.15, -0.1) is 0 Å². The Morgan fingerprint density at radius 2 is 1.86 bits per heavy atom. The fourth-order valence-electron chi connectivity index (χ4n) is 2.98. The first-order valence-corrected chi connectivity index (χ1v) is 9.52. The molecule has 0 saturated heterocycles. The lowest BCUT2D eigenvalue weighted by atomic mass is 10.00. The third kappa shape index (κ3) is 2.77. The van der Waals surface area contributed by atoms with Crippen LogP contribution in [0.1, 0.15) is 16.5 Å². The van der Waals surface area contributed by atoms with E-state index in [4.69, 9.17) is 4.99 Å². The minimum Gasteiger partial charge on any atom is -0.335 e. The van der Waals surface area contributed by atoms with Crippen LogP contribution in [0.2, 0.25) is 0 Å². The maximum atomic E-state index is 4.72. The predicted molar refractivity (Wildman–Crippen MR) is 96.7 cm³/mol. The van der Waals surface area contributed by atoms with Gasteiger partial charge in [-0.1, -0.05) is 66.0 Å². The molecule has 0 saturated carbocycles. The molecule has 0 amide bonds. The van der Waals surface area contributed by atoms with Gasteiger partial charge >= 0.3 is 0 Å². The molecule has 22 heavy (non-hydrogen) atoms. The van der Waals surface area contributed by atoms with Gasteiger partial charge in [-0.2, -0.15) is 0 Å². The van der Waals surface area contributed by atoms with Crippen molar-refractivity contribution in [1.29, 1.82) is 0 Å². The molecule has 0 aromatic heterocycles. The topological polar surface area (TPSA) is 15.6 Å². The van der Waals surface area contributed by atoms with Gasteiger partial charge in [0.25, 0.3) is 0 Å². The number of fused-ring (bicyclic) bond motifs is 1. The van der Waals surface area contributed by atoms with E-state index in [2.05, 4.69) is 59.5 Å². The Labute approximate surface area is 140 Å². The molecule has 0 bridgehead atoms. The number of hydrogen-bond donors (Lipinski definition) is 0. The summed E-state index contributed by atoms with van der Waals surface area (Å²) in [5.41, 5.74) is 2.92. The van der Waals surface area contributed by atoms with E-state index in [9.17, 15) is 0 Å². The standard InChI is InChI=1S/C18H18N2S2/c1-2-7-15(8-3-1)22-17-16-9-5-4-6-14(16)10-12-20(17)18-19-11-13-21-18/h1-9,17H,10-13H2. The molecule has 2 aliphatic rings. The lowest BCUT2D eigenvalue weighted by molar-refractivity contribution is 0.391. The van der Waals surface area contributed by atoms with E-state index in [1.165, 1.54) is 21.2 Å². The molecule has 4 rings (SSSR count). The summed E-state index contributed by atoms with van der Waals surface area (Å²) in [4.78, 5) is 8.53. The molecule has 2 heterocycles. The second-order valence-electron chi connectivity index (χ2n) is 5.44. The highest BCUT2D eigenvalue weighted by Crippen LogP contribution is 2.43. The number of benzene rings is 2. The zero-order valence-corrected chi connectivity index (χ0v) is 13.9. The first-order chi connectivity index (χ1) is 10.9. The molecule has 1 unspecified atom stereocenters. The number of hydrogen-bond acceptors (Lipinski definition) is 4. The Kier molecular flexibility index (Phi) is 4.13. The van der Waals surface area contributed by atoms with Crippen LogP contribution in [0.4, 0.5) is 0 Å². The third-order valence-electron chi connectivity index (χ3n) is 4.03. The van der Waals surface area contributed by atoms with Crippen molar-refractivity contribution in [1.82, 2.24) is 4.90 Å². The van der Waals surface area contributed by atoms with Crippen LogP contribution in [0.15, 0.2) is 64.5 Å². The van der Waals surface area contributed by atoms with Crippen LogP contribution in [0.25, 0.3) is 0 Å². The quantitative estimate of drug-likeness (QED) is 0.811. The number of rotatable bonds is 2.